The molecule has 0 saturated heterocycles. The number of hydrogen-bond acceptors (Lipinski definition) is 2. The molecule has 0 spiro atoms. The summed E-state index contributed by atoms with van der Waals surface area (Å²) in [5.74, 6) is 0. The molecule has 0 atom stereocenters. The van der Waals surface area contributed by atoms with Gasteiger partial charge in [0.2, 0.25) is 0 Å². The van der Waals surface area contributed by atoms with Gasteiger partial charge in [-0.25, -0.2) is 0 Å². The van der Waals surface area contributed by atoms with Crippen LogP contribution in [-0.4, -0.2) is 16.3 Å². The molecular weight excluding hydrogens is 154 g/mol. The van der Waals surface area contributed by atoms with E-state index in [0.29, 0.717) is 6.54 Å². The van der Waals surface area contributed by atoms with Gasteiger partial charge in [0.15, 0.2) is 0 Å². The minimum atomic E-state index is -0.0402. The molecule has 3 nitrogen and oxygen atoms in total. The third kappa shape index (κ3) is 1.74. The Hall–Kier alpha value is -1.09. The molecule has 0 fully saturated rings. The Bertz CT molecular complexity index is 328. The maximum absolute atomic E-state index is 11.3. The van der Waals surface area contributed by atoms with E-state index in [-0.39, 0.29) is 12.2 Å². The molecule has 3 heteroatoms. The van der Waals surface area contributed by atoms with E-state index in [4.69, 9.17) is 5.11 Å². The molecule has 0 aromatic carbocycles. The fourth-order valence-electron chi connectivity index (χ4n) is 1.28. The second-order valence-electron chi connectivity index (χ2n) is 2.89. The lowest BCUT2D eigenvalue weighted by molar-refractivity contribution is 0.273. The minimum Gasteiger partial charge on any atom is -0.395 e. The summed E-state index contributed by atoms with van der Waals surface area (Å²) in [5, 5.41) is 8.68. The van der Waals surface area contributed by atoms with Crippen molar-refractivity contribution in [2.75, 3.05) is 6.61 Å². The Kier molecular flexibility index (Phi) is 2.65. The number of aliphatic hydroxyl groups is 1. The van der Waals surface area contributed by atoms with Gasteiger partial charge >= 0.3 is 0 Å². The normalized spacial score (nSPS) is 10.2. The molecule has 0 aliphatic heterocycles. The lowest BCUT2D eigenvalue weighted by atomic mass is 10.2. The summed E-state index contributed by atoms with van der Waals surface area (Å²) in [4.78, 5) is 11.3. The number of pyridine rings is 1. The van der Waals surface area contributed by atoms with Crippen LogP contribution >= 0.6 is 0 Å². The number of rotatable bonds is 2. The molecule has 0 saturated carbocycles. The molecule has 1 heterocycles. The van der Waals surface area contributed by atoms with Crippen molar-refractivity contribution >= 4 is 0 Å². The third-order valence-corrected chi connectivity index (χ3v) is 1.80. The predicted molar refractivity (Wildman–Crippen MR) is 47.3 cm³/mol. The first-order valence-electron chi connectivity index (χ1n) is 3.94. The fourth-order valence-corrected chi connectivity index (χ4v) is 1.28. The van der Waals surface area contributed by atoms with Crippen LogP contribution in [0.1, 0.15) is 11.3 Å². The van der Waals surface area contributed by atoms with Crippen LogP contribution in [0.5, 0.6) is 0 Å². The summed E-state index contributed by atoms with van der Waals surface area (Å²) in [7, 11) is 0. The maximum atomic E-state index is 11.3. The van der Waals surface area contributed by atoms with Gasteiger partial charge in [-0.1, -0.05) is 0 Å². The van der Waals surface area contributed by atoms with Crippen LogP contribution in [0.15, 0.2) is 16.9 Å². The Morgan fingerprint density at radius 1 is 1.42 bits per heavy atom. The molecule has 1 rings (SSSR count). The van der Waals surface area contributed by atoms with Crippen molar-refractivity contribution < 1.29 is 5.11 Å². The predicted octanol–water partition coefficient (Wildman–Crippen LogP) is 0.457. The van der Waals surface area contributed by atoms with Gasteiger partial charge in [0.1, 0.15) is 0 Å². The van der Waals surface area contributed by atoms with Gasteiger partial charge in [-0.3, -0.25) is 4.79 Å². The Morgan fingerprint density at radius 3 is 2.58 bits per heavy atom. The number of aromatic nitrogens is 1. The van der Waals surface area contributed by atoms with Crippen LogP contribution in [-0.2, 0) is 6.54 Å². The van der Waals surface area contributed by atoms with Crippen LogP contribution in [0, 0.1) is 13.8 Å². The molecule has 0 aliphatic rings. The van der Waals surface area contributed by atoms with Crippen molar-refractivity contribution in [2.24, 2.45) is 0 Å². The van der Waals surface area contributed by atoms with E-state index in [0.717, 1.165) is 11.3 Å². The van der Waals surface area contributed by atoms with E-state index in [1.54, 1.807) is 10.6 Å². The summed E-state index contributed by atoms with van der Waals surface area (Å²) in [6, 6.07) is 3.50. The van der Waals surface area contributed by atoms with E-state index in [2.05, 4.69) is 0 Å². The lowest BCUT2D eigenvalue weighted by Gasteiger charge is -2.07. The molecule has 0 bridgehead atoms. The first-order valence-corrected chi connectivity index (χ1v) is 3.94. The monoisotopic (exact) mass is 167 g/mol. The quantitative estimate of drug-likeness (QED) is 0.695. The van der Waals surface area contributed by atoms with E-state index >= 15 is 0 Å². The van der Waals surface area contributed by atoms with Gasteiger partial charge in [-0.05, 0) is 25.5 Å². The van der Waals surface area contributed by atoms with Crippen molar-refractivity contribution in [3.05, 3.63) is 33.7 Å². The van der Waals surface area contributed by atoms with Crippen LogP contribution in [0.3, 0.4) is 0 Å². The highest BCUT2D eigenvalue weighted by Crippen LogP contribution is 1.98. The molecular formula is C9H13NO2. The van der Waals surface area contributed by atoms with E-state index in [1.165, 1.54) is 0 Å². The zero-order valence-corrected chi connectivity index (χ0v) is 7.37. The van der Waals surface area contributed by atoms with Crippen LogP contribution in [0.25, 0.3) is 0 Å². The molecule has 12 heavy (non-hydrogen) atoms. The second-order valence-corrected chi connectivity index (χ2v) is 2.89. The zero-order valence-electron chi connectivity index (χ0n) is 7.37. The molecule has 1 aromatic heterocycles. The van der Waals surface area contributed by atoms with Crippen LogP contribution in [0.2, 0.25) is 0 Å². The highest BCUT2D eigenvalue weighted by Gasteiger charge is 1.99. The zero-order chi connectivity index (χ0) is 9.14. The number of aryl methyl sites for hydroxylation is 2. The first-order chi connectivity index (χ1) is 5.65. The standard InChI is InChI=1S/C9H13NO2/c1-7-5-8(2)10(3-4-11)9(12)6-7/h5-6,11H,3-4H2,1-2H3. The van der Waals surface area contributed by atoms with E-state index in [9.17, 15) is 4.79 Å². The number of aliphatic hydroxyl groups excluding tert-OH is 1. The van der Waals surface area contributed by atoms with E-state index < -0.39 is 0 Å². The average Bonchev–Trinajstić information content (AvgIpc) is 1.96. The van der Waals surface area contributed by atoms with Crippen molar-refractivity contribution in [3.8, 4) is 0 Å². The van der Waals surface area contributed by atoms with Crippen molar-refractivity contribution in [1.82, 2.24) is 4.57 Å². The molecule has 1 N–H and O–H groups in total. The minimum absolute atomic E-state index is 0.00378. The van der Waals surface area contributed by atoms with Crippen LogP contribution in [0.4, 0.5) is 0 Å². The maximum Gasteiger partial charge on any atom is 0.251 e. The number of hydrogen-bond donors (Lipinski definition) is 1. The third-order valence-electron chi connectivity index (χ3n) is 1.80. The Labute approximate surface area is 71.3 Å². The lowest BCUT2D eigenvalue weighted by Crippen LogP contribution is -2.23. The van der Waals surface area contributed by atoms with Gasteiger partial charge < -0.3 is 9.67 Å². The average molecular weight is 167 g/mol. The molecule has 66 valence electrons. The largest absolute Gasteiger partial charge is 0.395 e. The molecule has 0 radical (unpaired) electrons. The van der Waals surface area contributed by atoms with Gasteiger partial charge in [0.25, 0.3) is 5.56 Å². The van der Waals surface area contributed by atoms with Crippen LogP contribution < -0.4 is 5.56 Å². The molecule has 0 amide bonds. The van der Waals surface area contributed by atoms with Gasteiger partial charge in [0.05, 0.1) is 6.61 Å². The summed E-state index contributed by atoms with van der Waals surface area (Å²) in [5.41, 5.74) is 1.82. The summed E-state index contributed by atoms with van der Waals surface area (Å²) in [6.07, 6.45) is 0. The second kappa shape index (κ2) is 3.54. The molecule has 1 aromatic rings. The highest BCUT2D eigenvalue weighted by atomic mass is 16.3. The first kappa shape index (κ1) is 9.00. The highest BCUT2D eigenvalue weighted by molar-refractivity contribution is 5.15. The Balaban J connectivity index is 3.19. The summed E-state index contributed by atoms with van der Waals surface area (Å²) in [6.45, 7) is 4.14. The molecule has 0 unspecified atom stereocenters. The smallest absolute Gasteiger partial charge is 0.251 e. The number of nitrogens with zero attached hydrogens (tertiary/aromatic N) is 1. The van der Waals surface area contributed by atoms with Crippen molar-refractivity contribution in [3.63, 3.8) is 0 Å². The molecule has 0 aliphatic carbocycles. The van der Waals surface area contributed by atoms with E-state index in [1.807, 2.05) is 19.9 Å². The van der Waals surface area contributed by atoms with Crippen molar-refractivity contribution in [2.45, 2.75) is 20.4 Å². The van der Waals surface area contributed by atoms with Gasteiger partial charge in [0, 0.05) is 18.3 Å². The Morgan fingerprint density at radius 2 is 2.08 bits per heavy atom. The van der Waals surface area contributed by atoms with Crippen molar-refractivity contribution in [1.29, 1.82) is 0 Å². The fraction of sp³-hybridized carbons (Fsp3) is 0.444. The summed E-state index contributed by atoms with van der Waals surface area (Å²) >= 11 is 0. The van der Waals surface area contributed by atoms with Gasteiger partial charge in [-0.2, -0.15) is 0 Å². The topological polar surface area (TPSA) is 42.2 Å². The summed E-state index contributed by atoms with van der Waals surface area (Å²) < 4.78 is 1.56. The SMILES string of the molecule is Cc1cc(C)n(CCO)c(=O)c1. The van der Waals surface area contributed by atoms with Gasteiger partial charge in [-0.15, -0.1) is 0 Å².